The van der Waals surface area contributed by atoms with Crippen molar-refractivity contribution in [2.45, 2.75) is 56.7 Å². The summed E-state index contributed by atoms with van der Waals surface area (Å²) < 4.78 is 13.9. The fraction of sp³-hybridized carbons (Fsp3) is 0.417. The Labute approximate surface area is 191 Å². The number of rotatable bonds is 7. The number of hydrogen-bond donors (Lipinski definition) is 2. The fourth-order valence-corrected chi connectivity index (χ4v) is 5.09. The van der Waals surface area contributed by atoms with E-state index in [9.17, 15) is 5.11 Å². The summed E-state index contributed by atoms with van der Waals surface area (Å²) in [5.41, 5.74) is 4.37. The van der Waals surface area contributed by atoms with Crippen LogP contribution < -0.4 is 10.1 Å². The lowest BCUT2D eigenvalue weighted by Gasteiger charge is -2.36. The molecule has 4 aromatic rings. The maximum absolute atomic E-state index is 11.2. The lowest BCUT2D eigenvalue weighted by atomic mass is 9.79. The van der Waals surface area contributed by atoms with Crippen LogP contribution in [0.25, 0.3) is 21.9 Å². The van der Waals surface area contributed by atoms with Crippen molar-refractivity contribution in [1.82, 2.24) is 24.0 Å². The summed E-state index contributed by atoms with van der Waals surface area (Å²) >= 11 is 1.25. The van der Waals surface area contributed by atoms with Crippen LogP contribution in [0.15, 0.2) is 42.7 Å². The molecule has 2 N–H and O–H groups in total. The molecule has 8 heteroatoms. The molecule has 2 heterocycles. The van der Waals surface area contributed by atoms with Crippen molar-refractivity contribution in [3.8, 4) is 5.75 Å². The summed E-state index contributed by atoms with van der Waals surface area (Å²) in [6, 6.07) is 12.5. The molecule has 2 aromatic carbocycles. The van der Waals surface area contributed by atoms with Gasteiger partial charge in [-0.2, -0.15) is 8.75 Å². The number of aliphatic hydroxyl groups is 1. The molecule has 7 nitrogen and oxygen atoms in total. The van der Waals surface area contributed by atoms with Crippen molar-refractivity contribution in [3.05, 3.63) is 54.0 Å². The van der Waals surface area contributed by atoms with Gasteiger partial charge in [0.25, 0.3) is 0 Å². The van der Waals surface area contributed by atoms with Crippen LogP contribution in [-0.2, 0) is 13.0 Å². The van der Waals surface area contributed by atoms with Crippen LogP contribution >= 0.6 is 11.7 Å². The van der Waals surface area contributed by atoms with Gasteiger partial charge in [-0.1, -0.05) is 6.07 Å². The second-order valence-corrected chi connectivity index (χ2v) is 9.20. The average molecular weight is 450 g/mol. The maximum atomic E-state index is 11.2. The van der Waals surface area contributed by atoms with Gasteiger partial charge >= 0.3 is 0 Å². The molecule has 0 saturated heterocycles. The van der Waals surface area contributed by atoms with Crippen molar-refractivity contribution in [3.63, 3.8) is 0 Å². The predicted octanol–water partition coefficient (Wildman–Crippen LogP) is 4.04. The quantitative estimate of drug-likeness (QED) is 0.440. The molecule has 1 saturated carbocycles. The van der Waals surface area contributed by atoms with Crippen molar-refractivity contribution < 1.29 is 9.84 Å². The second-order valence-electron chi connectivity index (χ2n) is 8.67. The highest BCUT2D eigenvalue weighted by atomic mass is 32.1. The number of benzene rings is 2. The third-order valence-corrected chi connectivity index (χ3v) is 7.14. The van der Waals surface area contributed by atoms with Gasteiger partial charge in [-0.3, -0.25) is 0 Å². The first kappa shape index (κ1) is 21.2. The third-order valence-electron chi connectivity index (χ3n) is 6.58. The van der Waals surface area contributed by atoms with Crippen molar-refractivity contribution >= 4 is 33.7 Å². The van der Waals surface area contributed by atoms with Crippen LogP contribution in [0.2, 0.25) is 0 Å². The van der Waals surface area contributed by atoms with Gasteiger partial charge in [-0.05, 0) is 74.4 Å². The van der Waals surface area contributed by atoms with Crippen LogP contribution in [0.3, 0.4) is 0 Å². The SMILES string of the molecule is COc1ccc2ncnc(CCC3(O)CCC(NCc4ccc5nsnc5c4)CC3)c2c1. The van der Waals surface area contributed by atoms with E-state index in [2.05, 4.69) is 36.2 Å². The van der Waals surface area contributed by atoms with E-state index in [4.69, 9.17) is 4.74 Å². The Bertz CT molecular complexity index is 1220. The van der Waals surface area contributed by atoms with Gasteiger partial charge in [0.05, 0.1) is 35.6 Å². The van der Waals surface area contributed by atoms with Gasteiger partial charge in [0, 0.05) is 18.0 Å². The Kier molecular flexibility index (Phi) is 5.99. The summed E-state index contributed by atoms with van der Waals surface area (Å²) in [5, 5.41) is 15.8. The fourth-order valence-electron chi connectivity index (χ4n) is 4.58. The smallest absolute Gasteiger partial charge is 0.119 e. The van der Waals surface area contributed by atoms with E-state index in [1.807, 2.05) is 24.3 Å². The molecule has 5 rings (SSSR count). The minimum Gasteiger partial charge on any atom is -0.497 e. The van der Waals surface area contributed by atoms with E-state index in [-0.39, 0.29) is 0 Å². The van der Waals surface area contributed by atoms with Crippen molar-refractivity contribution in [2.75, 3.05) is 7.11 Å². The summed E-state index contributed by atoms with van der Waals surface area (Å²) in [5.74, 6) is 0.795. The van der Waals surface area contributed by atoms with E-state index in [0.29, 0.717) is 12.5 Å². The molecule has 1 aliphatic carbocycles. The molecule has 2 aromatic heterocycles. The minimum absolute atomic E-state index is 0.420. The number of fused-ring (bicyclic) bond motifs is 2. The maximum Gasteiger partial charge on any atom is 0.119 e. The highest BCUT2D eigenvalue weighted by molar-refractivity contribution is 7.00. The summed E-state index contributed by atoms with van der Waals surface area (Å²) in [6.45, 7) is 0.811. The van der Waals surface area contributed by atoms with Gasteiger partial charge in [-0.15, -0.1) is 0 Å². The first-order valence-electron chi connectivity index (χ1n) is 11.1. The molecular formula is C24H27N5O2S. The van der Waals surface area contributed by atoms with E-state index in [1.165, 1.54) is 17.3 Å². The molecule has 1 aliphatic rings. The van der Waals surface area contributed by atoms with E-state index < -0.39 is 5.60 Å². The van der Waals surface area contributed by atoms with Crippen LogP contribution in [0.4, 0.5) is 0 Å². The molecule has 0 unspecified atom stereocenters. The lowest BCUT2D eigenvalue weighted by molar-refractivity contribution is -0.0109. The normalized spacial score (nSPS) is 21.2. The number of aromatic nitrogens is 4. The van der Waals surface area contributed by atoms with Crippen LogP contribution in [0, 0.1) is 0 Å². The zero-order valence-corrected chi connectivity index (χ0v) is 18.9. The summed E-state index contributed by atoms with van der Waals surface area (Å²) in [4.78, 5) is 8.85. The lowest BCUT2D eigenvalue weighted by Crippen LogP contribution is -2.41. The monoisotopic (exact) mass is 449 g/mol. The molecule has 1 fully saturated rings. The number of methoxy groups -OCH3 is 1. The zero-order chi connectivity index (χ0) is 22.0. The van der Waals surface area contributed by atoms with E-state index >= 15 is 0 Å². The van der Waals surface area contributed by atoms with Crippen LogP contribution in [0.5, 0.6) is 5.75 Å². The summed E-state index contributed by atoms with van der Waals surface area (Å²) in [7, 11) is 1.66. The summed E-state index contributed by atoms with van der Waals surface area (Å²) in [6.07, 6.45) is 6.57. The van der Waals surface area contributed by atoms with Gasteiger partial charge in [0.2, 0.25) is 0 Å². The topological polar surface area (TPSA) is 93.1 Å². The molecule has 0 atom stereocenters. The molecule has 0 bridgehead atoms. The number of hydrogen-bond acceptors (Lipinski definition) is 8. The van der Waals surface area contributed by atoms with Crippen LogP contribution in [-0.4, -0.2) is 42.6 Å². The Morgan fingerprint density at radius 1 is 1.06 bits per heavy atom. The first-order chi connectivity index (χ1) is 15.6. The van der Waals surface area contributed by atoms with Crippen LogP contribution in [0.1, 0.15) is 43.4 Å². The molecule has 0 radical (unpaired) electrons. The van der Waals surface area contributed by atoms with Crippen molar-refractivity contribution in [2.24, 2.45) is 0 Å². The Morgan fingerprint density at radius 2 is 1.88 bits per heavy atom. The van der Waals surface area contributed by atoms with E-state index in [1.54, 1.807) is 13.4 Å². The molecule has 32 heavy (non-hydrogen) atoms. The highest BCUT2D eigenvalue weighted by Crippen LogP contribution is 2.33. The molecular weight excluding hydrogens is 422 g/mol. The largest absolute Gasteiger partial charge is 0.497 e. The Hall–Kier alpha value is -2.68. The van der Waals surface area contributed by atoms with Crippen molar-refractivity contribution in [1.29, 1.82) is 0 Å². The first-order valence-corrected chi connectivity index (χ1v) is 11.8. The Balaban J connectivity index is 1.16. The highest BCUT2D eigenvalue weighted by Gasteiger charge is 2.33. The number of aryl methyl sites for hydroxylation is 1. The zero-order valence-electron chi connectivity index (χ0n) is 18.1. The molecule has 0 aliphatic heterocycles. The van der Waals surface area contributed by atoms with Gasteiger partial charge in [-0.25, -0.2) is 9.97 Å². The second kappa shape index (κ2) is 9.05. The standard InChI is InChI=1S/C24H27N5O2S/c1-31-18-3-5-20-19(13-18)21(27-15-26-20)8-11-24(30)9-6-17(7-10-24)25-14-16-2-4-22-23(12-16)29-32-28-22/h2-5,12-13,15,17,25,30H,6-11,14H2,1H3. The average Bonchev–Trinajstić information content (AvgIpc) is 3.30. The molecule has 0 amide bonds. The third kappa shape index (κ3) is 4.57. The minimum atomic E-state index is -0.639. The van der Waals surface area contributed by atoms with Gasteiger partial charge in [0.1, 0.15) is 23.1 Å². The molecule has 166 valence electrons. The van der Waals surface area contributed by atoms with Gasteiger partial charge < -0.3 is 15.2 Å². The Morgan fingerprint density at radius 3 is 2.72 bits per heavy atom. The van der Waals surface area contributed by atoms with Gasteiger partial charge in [0.15, 0.2) is 0 Å². The number of nitrogens with zero attached hydrogens (tertiary/aromatic N) is 4. The van der Waals surface area contributed by atoms with E-state index in [0.717, 1.165) is 72.0 Å². The molecule has 0 spiro atoms. The predicted molar refractivity (Wildman–Crippen MR) is 126 cm³/mol. The number of ether oxygens (including phenoxy) is 1. The number of nitrogens with one attached hydrogen (secondary N) is 1.